The molecule has 0 spiro atoms. The molecular weight excluding hydrogens is 214 g/mol. The van der Waals surface area contributed by atoms with Gasteiger partial charge in [-0.25, -0.2) is 0 Å². The Hall–Kier alpha value is -0.710. The fourth-order valence-corrected chi connectivity index (χ4v) is 2.21. The zero-order chi connectivity index (χ0) is 11.4. The molecule has 1 aliphatic rings. The Morgan fingerprint density at radius 3 is 2.80 bits per heavy atom. The summed E-state index contributed by atoms with van der Waals surface area (Å²) in [6, 6.07) is -0.0930. The van der Waals surface area contributed by atoms with Crippen LogP contribution in [-0.4, -0.2) is 46.0 Å². The topological polar surface area (TPSA) is 57.6 Å². The van der Waals surface area contributed by atoms with Crippen LogP contribution in [0.5, 0.6) is 0 Å². The molecule has 0 unspecified atom stereocenters. The molecule has 1 aliphatic heterocycles. The molecule has 0 aromatic heterocycles. The Balaban J connectivity index is 2.59. The van der Waals surface area contributed by atoms with Crippen LogP contribution in [0.2, 0.25) is 0 Å². The minimum atomic E-state index is -0.823. The van der Waals surface area contributed by atoms with Gasteiger partial charge in [-0.15, -0.1) is 0 Å². The summed E-state index contributed by atoms with van der Waals surface area (Å²) in [4.78, 5) is 24.2. The van der Waals surface area contributed by atoms with Crippen LogP contribution in [-0.2, 0) is 9.59 Å². The molecule has 1 N–H and O–H groups in total. The lowest BCUT2D eigenvalue weighted by Crippen LogP contribution is -2.40. The first-order valence-electron chi connectivity index (χ1n) is 5.11. The van der Waals surface area contributed by atoms with E-state index in [-0.39, 0.29) is 23.6 Å². The van der Waals surface area contributed by atoms with E-state index in [0.29, 0.717) is 6.54 Å². The standard InChI is InChI=1S/C10H17NO3S/c1-7(15-2)10(14)11-5-3-4-8(11)6-9(12)13/h7-8H,3-6H2,1-2H3,(H,12,13)/t7-,8-/m1/s1. The van der Waals surface area contributed by atoms with Crippen molar-refractivity contribution in [2.75, 3.05) is 12.8 Å². The molecule has 2 atom stereocenters. The maximum atomic E-state index is 11.9. The van der Waals surface area contributed by atoms with Crippen LogP contribution in [0.15, 0.2) is 0 Å². The molecule has 1 heterocycles. The summed E-state index contributed by atoms with van der Waals surface area (Å²) in [6.45, 7) is 2.57. The number of likely N-dealkylation sites (tertiary alicyclic amines) is 1. The normalized spacial score (nSPS) is 22.8. The van der Waals surface area contributed by atoms with Gasteiger partial charge in [-0.05, 0) is 26.0 Å². The van der Waals surface area contributed by atoms with Crippen molar-refractivity contribution in [3.63, 3.8) is 0 Å². The molecule has 0 aromatic carbocycles. The minimum absolute atomic E-state index is 0.0700. The molecule has 0 radical (unpaired) electrons. The molecule has 0 bridgehead atoms. The number of hydrogen-bond donors (Lipinski definition) is 1. The van der Waals surface area contributed by atoms with Crippen LogP contribution in [0, 0.1) is 0 Å². The highest BCUT2D eigenvalue weighted by Crippen LogP contribution is 2.23. The third-order valence-corrected chi connectivity index (χ3v) is 3.68. The van der Waals surface area contributed by atoms with Crippen molar-refractivity contribution in [1.29, 1.82) is 0 Å². The van der Waals surface area contributed by atoms with Gasteiger partial charge in [0.2, 0.25) is 5.91 Å². The monoisotopic (exact) mass is 231 g/mol. The van der Waals surface area contributed by atoms with Gasteiger partial charge in [0.05, 0.1) is 11.7 Å². The predicted molar refractivity (Wildman–Crippen MR) is 60.0 cm³/mol. The summed E-state index contributed by atoms with van der Waals surface area (Å²) in [5.74, 6) is -0.747. The van der Waals surface area contributed by atoms with Gasteiger partial charge in [-0.3, -0.25) is 9.59 Å². The highest BCUT2D eigenvalue weighted by Gasteiger charge is 2.32. The molecule has 0 aromatic rings. The van der Waals surface area contributed by atoms with Gasteiger partial charge in [0, 0.05) is 12.6 Å². The molecule has 0 aliphatic carbocycles. The van der Waals surface area contributed by atoms with E-state index in [0.717, 1.165) is 12.8 Å². The highest BCUT2D eigenvalue weighted by atomic mass is 32.2. The Bertz CT molecular complexity index is 257. The Kier molecular flexibility index (Phi) is 4.45. The number of nitrogens with zero attached hydrogens (tertiary/aromatic N) is 1. The number of rotatable bonds is 4. The molecule has 5 heteroatoms. The second-order valence-corrected chi connectivity index (χ2v) is 4.98. The van der Waals surface area contributed by atoms with Crippen LogP contribution in [0.25, 0.3) is 0 Å². The number of carbonyl (C=O) groups excluding carboxylic acids is 1. The molecule has 15 heavy (non-hydrogen) atoms. The lowest BCUT2D eigenvalue weighted by Gasteiger charge is -2.25. The number of aliphatic carboxylic acids is 1. The number of hydrogen-bond acceptors (Lipinski definition) is 3. The zero-order valence-corrected chi connectivity index (χ0v) is 9.92. The molecule has 1 fully saturated rings. The van der Waals surface area contributed by atoms with Crippen LogP contribution in [0.1, 0.15) is 26.2 Å². The lowest BCUT2D eigenvalue weighted by molar-refractivity contribution is -0.139. The second-order valence-electron chi connectivity index (χ2n) is 3.80. The lowest BCUT2D eigenvalue weighted by atomic mass is 10.1. The van der Waals surface area contributed by atoms with E-state index in [2.05, 4.69) is 0 Å². The Morgan fingerprint density at radius 1 is 1.60 bits per heavy atom. The fraction of sp³-hybridized carbons (Fsp3) is 0.800. The van der Waals surface area contributed by atoms with Crippen LogP contribution < -0.4 is 0 Å². The average Bonchev–Trinajstić information content (AvgIpc) is 2.62. The molecule has 1 amide bonds. The van der Waals surface area contributed by atoms with Gasteiger partial charge >= 0.3 is 5.97 Å². The first-order chi connectivity index (χ1) is 7.06. The van der Waals surface area contributed by atoms with Crippen LogP contribution in [0.4, 0.5) is 0 Å². The van der Waals surface area contributed by atoms with E-state index < -0.39 is 5.97 Å². The number of thioether (sulfide) groups is 1. The first-order valence-corrected chi connectivity index (χ1v) is 6.40. The molecule has 4 nitrogen and oxygen atoms in total. The summed E-state index contributed by atoms with van der Waals surface area (Å²) < 4.78 is 0. The van der Waals surface area contributed by atoms with Crippen LogP contribution >= 0.6 is 11.8 Å². The zero-order valence-electron chi connectivity index (χ0n) is 9.10. The van der Waals surface area contributed by atoms with E-state index in [9.17, 15) is 9.59 Å². The van der Waals surface area contributed by atoms with E-state index in [1.807, 2.05) is 13.2 Å². The summed E-state index contributed by atoms with van der Waals surface area (Å²) in [6.07, 6.45) is 3.71. The summed E-state index contributed by atoms with van der Waals surface area (Å²) in [7, 11) is 0. The van der Waals surface area contributed by atoms with E-state index in [4.69, 9.17) is 5.11 Å². The van der Waals surface area contributed by atoms with Crippen molar-refractivity contribution in [2.24, 2.45) is 0 Å². The van der Waals surface area contributed by atoms with E-state index >= 15 is 0 Å². The van der Waals surface area contributed by atoms with Crippen LogP contribution in [0.3, 0.4) is 0 Å². The Labute approximate surface area is 94.0 Å². The third kappa shape index (κ3) is 3.12. The van der Waals surface area contributed by atoms with Crippen molar-refractivity contribution >= 4 is 23.6 Å². The molecule has 1 rings (SSSR count). The van der Waals surface area contributed by atoms with Crippen molar-refractivity contribution in [3.05, 3.63) is 0 Å². The first kappa shape index (κ1) is 12.4. The quantitative estimate of drug-likeness (QED) is 0.790. The molecule has 0 saturated carbocycles. The smallest absolute Gasteiger partial charge is 0.305 e. The van der Waals surface area contributed by atoms with Gasteiger partial charge < -0.3 is 10.0 Å². The number of carbonyl (C=O) groups is 2. The second kappa shape index (κ2) is 5.39. The maximum Gasteiger partial charge on any atom is 0.305 e. The molecule has 1 saturated heterocycles. The van der Waals surface area contributed by atoms with E-state index in [1.54, 1.807) is 4.90 Å². The van der Waals surface area contributed by atoms with Crippen molar-refractivity contribution in [1.82, 2.24) is 4.90 Å². The number of carboxylic acid groups (broad SMARTS) is 1. The van der Waals surface area contributed by atoms with Gasteiger partial charge in [0.1, 0.15) is 0 Å². The fourth-order valence-electron chi connectivity index (χ4n) is 1.87. The van der Waals surface area contributed by atoms with E-state index in [1.165, 1.54) is 11.8 Å². The van der Waals surface area contributed by atoms with Gasteiger partial charge in [-0.1, -0.05) is 0 Å². The van der Waals surface area contributed by atoms with Gasteiger partial charge in [0.25, 0.3) is 0 Å². The minimum Gasteiger partial charge on any atom is -0.481 e. The van der Waals surface area contributed by atoms with Gasteiger partial charge in [-0.2, -0.15) is 11.8 Å². The molecule has 86 valence electrons. The summed E-state index contributed by atoms with van der Waals surface area (Å²) in [5, 5.41) is 8.66. The van der Waals surface area contributed by atoms with Gasteiger partial charge in [0.15, 0.2) is 0 Å². The summed E-state index contributed by atoms with van der Waals surface area (Å²) in [5.41, 5.74) is 0. The van der Waals surface area contributed by atoms with Crippen molar-refractivity contribution in [2.45, 2.75) is 37.5 Å². The van der Waals surface area contributed by atoms with Crippen molar-refractivity contribution < 1.29 is 14.7 Å². The summed E-state index contributed by atoms with van der Waals surface area (Å²) >= 11 is 1.50. The Morgan fingerprint density at radius 2 is 2.27 bits per heavy atom. The highest BCUT2D eigenvalue weighted by molar-refractivity contribution is 7.99. The largest absolute Gasteiger partial charge is 0.481 e. The average molecular weight is 231 g/mol. The number of carboxylic acids is 1. The predicted octanol–water partition coefficient (Wildman–Crippen LogP) is 1.20. The maximum absolute atomic E-state index is 11.9. The number of amides is 1. The van der Waals surface area contributed by atoms with Crippen molar-refractivity contribution in [3.8, 4) is 0 Å². The molecular formula is C10H17NO3S. The SMILES string of the molecule is CS[C@H](C)C(=O)N1CCC[C@@H]1CC(=O)O. The third-order valence-electron chi connectivity index (χ3n) is 2.77.